The van der Waals surface area contributed by atoms with Crippen LogP contribution in [0.25, 0.3) is 11.1 Å². The number of nitrogens with one attached hydrogen (secondary N) is 1. The van der Waals surface area contributed by atoms with Gasteiger partial charge < -0.3 is 10.2 Å². The minimum Gasteiger partial charge on any atom is -0.355 e. The molecule has 1 amide bonds. The van der Waals surface area contributed by atoms with Crippen molar-refractivity contribution in [3.63, 3.8) is 0 Å². The molecule has 0 aliphatic heterocycles. The smallest absolute Gasteiger partial charge is 0.225 e. The molecule has 2 atom stereocenters. The summed E-state index contributed by atoms with van der Waals surface area (Å²) in [6.45, 7) is 2.70. The third-order valence-corrected chi connectivity index (χ3v) is 4.35. The zero-order valence-corrected chi connectivity index (χ0v) is 14.4. The topological polar surface area (TPSA) is 71.0 Å². The van der Waals surface area contributed by atoms with Gasteiger partial charge in [-0.1, -0.05) is 6.92 Å². The Morgan fingerprint density at radius 1 is 1.33 bits per heavy atom. The predicted octanol–water partition coefficient (Wildman–Crippen LogP) is 1.92. The number of carbonyl (C=O) groups is 1. The van der Waals surface area contributed by atoms with Gasteiger partial charge in [0.2, 0.25) is 11.9 Å². The number of amides is 1. The Kier molecular flexibility index (Phi) is 4.74. The minimum atomic E-state index is 0.162. The third-order valence-electron chi connectivity index (χ3n) is 4.35. The van der Waals surface area contributed by atoms with Crippen LogP contribution in [0.4, 0.5) is 5.95 Å². The quantitative estimate of drug-likeness (QED) is 0.878. The molecule has 0 unspecified atom stereocenters. The van der Waals surface area contributed by atoms with Crippen molar-refractivity contribution in [3.05, 3.63) is 36.4 Å². The Morgan fingerprint density at radius 2 is 2.04 bits per heavy atom. The van der Waals surface area contributed by atoms with Crippen LogP contribution in [0.2, 0.25) is 0 Å². The van der Waals surface area contributed by atoms with Crippen LogP contribution < -0.4 is 10.2 Å². The largest absolute Gasteiger partial charge is 0.355 e. The second kappa shape index (κ2) is 6.95. The highest BCUT2D eigenvalue weighted by Crippen LogP contribution is 2.37. The molecule has 1 aliphatic rings. The van der Waals surface area contributed by atoms with E-state index in [0.29, 0.717) is 24.8 Å². The second-order valence-corrected chi connectivity index (χ2v) is 6.52. The maximum Gasteiger partial charge on any atom is 0.225 e. The number of carbonyl (C=O) groups excluding carboxylic acids is 1. The van der Waals surface area contributed by atoms with Crippen molar-refractivity contribution in [1.82, 2.24) is 20.3 Å². The molecule has 2 aromatic heterocycles. The summed E-state index contributed by atoms with van der Waals surface area (Å²) in [4.78, 5) is 27.0. The van der Waals surface area contributed by atoms with E-state index in [-0.39, 0.29) is 11.8 Å². The number of anilines is 1. The maximum absolute atomic E-state index is 12.0. The summed E-state index contributed by atoms with van der Waals surface area (Å²) in [6, 6.07) is 3.89. The number of pyridine rings is 1. The fourth-order valence-electron chi connectivity index (χ4n) is 2.71. The van der Waals surface area contributed by atoms with Gasteiger partial charge in [-0.15, -0.1) is 0 Å². The highest BCUT2D eigenvalue weighted by molar-refractivity contribution is 5.81. The summed E-state index contributed by atoms with van der Waals surface area (Å²) < 4.78 is 0. The monoisotopic (exact) mass is 325 g/mol. The fourth-order valence-corrected chi connectivity index (χ4v) is 2.71. The average Bonchev–Trinajstić information content (AvgIpc) is 3.32. The molecule has 1 saturated carbocycles. The van der Waals surface area contributed by atoms with Crippen LogP contribution >= 0.6 is 0 Å². The number of rotatable bonds is 6. The predicted molar refractivity (Wildman–Crippen MR) is 93.6 cm³/mol. The minimum absolute atomic E-state index is 0.162. The lowest BCUT2D eigenvalue weighted by atomic mass is 10.1. The van der Waals surface area contributed by atoms with E-state index in [9.17, 15) is 4.79 Å². The fraction of sp³-hybridized carbons (Fsp3) is 0.444. The SMILES string of the molecule is C[C@@H]1C[C@H]1C(=O)NCCc1nc(N(C)C)ncc1-c1ccncc1. The van der Waals surface area contributed by atoms with Gasteiger partial charge in [-0.05, 0) is 30.0 Å². The zero-order chi connectivity index (χ0) is 17.1. The summed E-state index contributed by atoms with van der Waals surface area (Å²) >= 11 is 0. The van der Waals surface area contributed by atoms with Crippen molar-refractivity contribution in [1.29, 1.82) is 0 Å². The Labute approximate surface area is 142 Å². The number of hydrogen-bond donors (Lipinski definition) is 1. The van der Waals surface area contributed by atoms with E-state index < -0.39 is 0 Å². The summed E-state index contributed by atoms with van der Waals surface area (Å²) in [5.74, 6) is 1.56. The van der Waals surface area contributed by atoms with Gasteiger partial charge in [0.25, 0.3) is 0 Å². The molecule has 0 radical (unpaired) electrons. The van der Waals surface area contributed by atoms with Crippen molar-refractivity contribution < 1.29 is 4.79 Å². The van der Waals surface area contributed by atoms with Crippen molar-refractivity contribution in [2.75, 3.05) is 25.5 Å². The molecule has 24 heavy (non-hydrogen) atoms. The molecule has 0 bridgehead atoms. The number of aromatic nitrogens is 3. The Morgan fingerprint density at radius 3 is 2.67 bits per heavy atom. The Hall–Kier alpha value is -2.50. The molecule has 2 aromatic rings. The maximum atomic E-state index is 12.0. The van der Waals surface area contributed by atoms with Crippen molar-refractivity contribution in [2.45, 2.75) is 19.8 Å². The summed E-state index contributed by atoms with van der Waals surface area (Å²) in [5, 5.41) is 3.03. The number of nitrogens with zero attached hydrogens (tertiary/aromatic N) is 4. The molecule has 1 aliphatic carbocycles. The second-order valence-electron chi connectivity index (χ2n) is 6.52. The lowest BCUT2D eigenvalue weighted by Gasteiger charge is -2.15. The highest BCUT2D eigenvalue weighted by atomic mass is 16.2. The molecule has 126 valence electrons. The van der Waals surface area contributed by atoms with Gasteiger partial charge in [0, 0.05) is 57.1 Å². The van der Waals surface area contributed by atoms with Crippen LogP contribution in [0.3, 0.4) is 0 Å². The van der Waals surface area contributed by atoms with Crippen LogP contribution in [0.1, 0.15) is 19.0 Å². The van der Waals surface area contributed by atoms with E-state index in [0.717, 1.165) is 23.2 Å². The van der Waals surface area contributed by atoms with Crippen molar-refractivity contribution in [3.8, 4) is 11.1 Å². The first kappa shape index (κ1) is 16.4. The zero-order valence-electron chi connectivity index (χ0n) is 14.4. The van der Waals surface area contributed by atoms with Crippen LogP contribution in [-0.2, 0) is 11.2 Å². The average molecular weight is 325 g/mol. The Balaban J connectivity index is 1.75. The van der Waals surface area contributed by atoms with E-state index in [2.05, 4.69) is 27.2 Å². The van der Waals surface area contributed by atoms with Crippen LogP contribution in [0.15, 0.2) is 30.7 Å². The molecular formula is C18H23N5O. The Bertz CT molecular complexity index is 717. The van der Waals surface area contributed by atoms with Gasteiger partial charge >= 0.3 is 0 Å². The first-order valence-corrected chi connectivity index (χ1v) is 8.27. The van der Waals surface area contributed by atoms with E-state index >= 15 is 0 Å². The molecule has 6 heteroatoms. The summed E-state index contributed by atoms with van der Waals surface area (Å²) in [5.41, 5.74) is 2.95. The molecule has 2 heterocycles. The van der Waals surface area contributed by atoms with E-state index in [4.69, 9.17) is 0 Å². The molecule has 1 N–H and O–H groups in total. The molecule has 0 saturated heterocycles. The molecular weight excluding hydrogens is 302 g/mol. The summed E-state index contributed by atoms with van der Waals surface area (Å²) in [6.07, 6.45) is 7.04. The van der Waals surface area contributed by atoms with E-state index in [1.807, 2.05) is 37.3 Å². The van der Waals surface area contributed by atoms with Crippen molar-refractivity contribution in [2.24, 2.45) is 11.8 Å². The van der Waals surface area contributed by atoms with Crippen LogP contribution in [0, 0.1) is 11.8 Å². The standard InChI is InChI=1S/C18H23N5O/c1-12-10-14(12)17(24)20-9-6-16-15(13-4-7-19-8-5-13)11-21-18(22-16)23(2)3/h4-5,7-8,11-12,14H,6,9-10H2,1-3H3,(H,20,24)/t12-,14-/m1/s1. The van der Waals surface area contributed by atoms with Crippen molar-refractivity contribution >= 4 is 11.9 Å². The van der Waals surface area contributed by atoms with Gasteiger partial charge in [-0.3, -0.25) is 9.78 Å². The van der Waals surface area contributed by atoms with Gasteiger partial charge in [0.1, 0.15) is 0 Å². The third kappa shape index (κ3) is 3.69. The first-order chi connectivity index (χ1) is 11.6. The lowest BCUT2D eigenvalue weighted by molar-refractivity contribution is -0.122. The van der Waals surface area contributed by atoms with Gasteiger partial charge in [-0.25, -0.2) is 9.97 Å². The van der Waals surface area contributed by atoms with Gasteiger partial charge in [-0.2, -0.15) is 0 Å². The van der Waals surface area contributed by atoms with E-state index in [1.165, 1.54) is 0 Å². The molecule has 1 fully saturated rings. The van der Waals surface area contributed by atoms with E-state index in [1.54, 1.807) is 12.4 Å². The number of hydrogen-bond acceptors (Lipinski definition) is 5. The highest BCUT2D eigenvalue weighted by Gasteiger charge is 2.38. The molecule has 0 spiro atoms. The van der Waals surface area contributed by atoms with Gasteiger partial charge in [0.05, 0.1) is 5.69 Å². The first-order valence-electron chi connectivity index (χ1n) is 8.27. The molecule has 3 rings (SSSR count). The normalized spacial score (nSPS) is 19.0. The molecule has 0 aromatic carbocycles. The van der Waals surface area contributed by atoms with Gasteiger partial charge in [0.15, 0.2) is 0 Å². The molecule has 6 nitrogen and oxygen atoms in total. The summed E-state index contributed by atoms with van der Waals surface area (Å²) in [7, 11) is 3.84. The van der Waals surface area contributed by atoms with Crippen LogP contribution in [0.5, 0.6) is 0 Å². The lowest BCUT2D eigenvalue weighted by Crippen LogP contribution is -2.28. The van der Waals surface area contributed by atoms with Crippen LogP contribution in [-0.4, -0.2) is 41.5 Å².